The van der Waals surface area contributed by atoms with E-state index in [1.165, 1.54) is 17.7 Å². The number of nitrogens with zero attached hydrogens (tertiary/aromatic N) is 8. The van der Waals surface area contributed by atoms with E-state index in [1.54, 1.807) is 29.3 Å². The number of piperidine rings is 1. The Morgan fingerprint density at radius 1 is 0.867 bits per heavy atom. The summed E-state index contributed by atoms with van der Waals surface area (Å²) in [4.78, 5) is 52.7. The van der Waals surface area contributed by atoms with Crippen molar-refractivity contribution in [1.29, 1.82) is 0 Å². The monoisotopic (exact) mass is 1010 g/mol. The molecule has 1 aliphatic carbocycles. The number of phenols is 3. The molecular formula is C59H64FN9O6. The van der Waals surface area contributed by atoms with Gasteiger partial charge in [0.05, 0.1) is 17.6 Å². The molecule has 2 aromatic heterocycles. The van der Waals surface area contributed by atoms with Gasteiger partial charge in [0.15, 0.2) is 5.82 Å². The van der Waals surface area contributed by atoms with Gasteiger partial charge in [-0.3, -0.25) is 19.5 Å². The number of piperazine rings is 2. The minimum atomic E-state index is -0.630. The summed E-state index contributed by atoms with van der Waals surface area (Å²) in [6.45, 7) is 12.9. The maximum absolute atomic E-state index is 17.2. The van der Waals surface area contributed by atoms with Crippen LogP contribution >= 0.6 is 0 Å². The van der Waals surface area contributed by atoms with Gasteiger partial charge in [-0.25, -0.2) is 4.39 Å². The van der Waals surface area contributed by atoms with Crippen molar-refractivity contribution in [2.45, 2.75) is 90.0 Å². The summed E-state index contributed by atoms with van der Waals surface area (Å²) in [6.07, 6.45) is 13.3. The molecule has 1 saturated carbocycles. The Balaban J connectivity index is 0.658. The highest BCUT2D eigenvalue weighted by Crippen LogP contribution is 2.47. The van der Waals surface area contributed by atoms with Gasteiger partial charge < -0.3 is 45.0 Å². The fourth-order valence-corrected chi connectivity index (χ4v) is 12.5. The second kappa shape index (κ2) is 19.6. The lowest BCUT2D eigenvalue weighted by Gasteiger charge is -2.39. The quantitative estimate of drug-likeness (QED) is 0.0889. The number of terminal acetylenes is 1. The molecule has 6 aliphatic rings. The number of pyridine rings is 1. The zero-order valence-electron chi connectivity index (χ0n) is 42.7. The van der Waals surface area contributed by atoms with Gasteiger partial charge in [-0.1, -0.05) is 50.1 Å². The minimum Gasteiger partial charge on any atom is -0.508 e. The van der Waals surface area contributed by atoms with Gasteiger partial charge in [0.1, 0.15) is 34.3 Å². The second-order valence-electron chi connectivity index (χ2n) is 22.4. The molecule has 12 rings (SSSR count). The second-order valence-corrected chi connectivity index (χ2v) is 22.4. The SMILES string of the molecule is C#Cc1cccc2cc(O)cc(-c3ncc4c(N5CC6CCC(C5)N6)nc(OCC5(CN6CCC(C(=O)N7CCN(Cc8ccc9c(c8)CN(C(=O)c8cc(C(C)C)c(O)cc8O)C9)CC7)CC6)CC5)nc4c3F)c12. The van der Waals surface area contributed by atoms with E-state index in [0.29, 0.717) is 83.5 Å². The van der Waals surface area contributed by atoms with E-state index in [9.17, 15) is 24.9 Å². The van der Waals surface area contributed by atoms with E-state index in [0.717, 1.165) is 102 Å². The number of benzene rings is 4. The fraction of sp³-hybridized carbons (Fsp3) is 0.441. The van der Waals surface area contributed by atoms with E-state index >= 15 is 4.39 Å². The lowest BCUT2D eigenvalue weighted by molar-refractivity contribution is -0.139. The molecule has 388 valence electrons. The summed E-state index contributed by atoms with van der Waals surface area (Å²) in [5, 5.41) is 37.1. The van der Waals surface area contributed by atoms with E-state index in [4.69, 9.17) is 21.1 Å². The van der Waals surface area contributed by atoms with Gasteiger partial charge in [0.2, 0.25) is 5.91 Å². The smallest absolute Gasteiger partial charge is 0.319 e. The zero-order chi connectivity index (χ0) is 51.7. The number of rotatable bonds is 12. The highest BCUT2D eigenvalue weighted by molar-refractivity contribution is 6.03. The van der Waals surface area contributed by atoms with Gasteiger partial charge in [-0.05, 0) is 109 Å². The van der Waals surface area contributed by atoms with Gasteiger partial charge in [0, 0.05) is 118 Å². The van der Waals surface area contributed by atoms with E-state index in [2.05, 4.69) is 49.1 Å². The molecule has 4 N–H and O–H groups in total. The number of aromatic hydroxyl groups is 3. The van der Waals surface area contributed by atoms with E-state index in [-0.39, 0.29) is 69.1 Å². The van der Waals surface area contributed by atoms with Gasteiger partial charge in [-0.2, -0.15) is 9.97 Å². The van der Waals surface area contributed by atoms with Gasteiger partial charge in [-0.15, -0.1) is 6.42 Å². The summed E-state index contributed by atoms with van der Waals surface area (Å²) >= 11 is 0. The Morgan fingerprint density at radius 3 is 2.36 bits per heavy atom. The largest absolute Gasteiger partial charge is 0.508 e. The first-order chi connectivity index (χ1) is 36.3. The van der Waals surface area contributed by atoms with Crippen LogP contribution in [0.2, 0.25) is 0 Å². The number of carbonyl (C=O) groups excluding carboxylic acids is 2. The lowest BCUT2D eigenvalue weighted by atomic mass is 9.94. The van der Waals surface area contributed by atoms with Gasteiger partial charge in [0.25, 0.3) is 5.91 Å². The highest BCUT2D eigenvalue weighted by Gasteiger charge is 2.46. The van der Waals surface area contributed by atoms with Crippen LogP contribution < -0.4 is 15.0 Å². The molecule has 5 fully saturated rings. The highest BCUT2D eigenvalue weighted by atomic mass is 19.1. The number of carbonyl (C=O) groups is 2. The molecule has 2 atom stereocenters. The zero-order valence-corrected chi connectivity index (χ0v) is 42.7. The third-order valence-corrected chi connectivity index (χ3v) is 16.9. The summed E-state index contributed by atoms with van der Waals surface area (Å²) in [5.41, 5.74) is 5.20. The molecule has 4 aromatic carbocycles. The van der Waals surface area contributed by atoms with Crippen LogP contribution in [0.4, 0.5) is 10.2 Å². The summed E-state index contributed by atoms with van der Waals surface area (Å²) < 4.78 is 23.7. The maximum Gasteiger partial charge on any atom is 0.319 e. The molecule has 5 aliphatic heterocycles. The van der Waals surface area contributed by atoms with Gasteiger partial charge >= 0.3 is 6.01 Å². The number of nitrogens with one attached hydrogen (secondary N) is 1. The topological polar surface area (TPSA) is 171 Å². The molecule has 2 bridgehead atoms. The number of hydrogen-bond donors (Lipinski definition) is 4. The minimum absolute atomic E-state index is 0.0000668. The third-order valence-electron chi connectivity index (χ3n) is 16.9. The van der Waals surface area contributed by atoms with Crippen LogP contribution in [0.15, 0.2) is 66.9 Å². The summed E-state index contributed by atoms with van der Waals surface area (Å²) in [6, 6.07) is 18.6. The van der Waals surface area contributed by atoms with E-state index < -0.39 is 5.82 Å². The predicted molar refractivity (Wildman–Crippen MR) is 284 cm³/mol. The Bertz CT molecular complexity index is 3270. The van der Waals surface area contributed by atoms with E-state index in [1.807, 2.05) is 30.9 Å². The molecule has 6 aromatic rings. The Hall–Kier alpha value is -7.06. The van der Waals surface area contributed by atoms with Crippen LogP contribution in [-0.2, 0) is 24.4 Å². The molecule has 0 radical (unpaired) electrons. The molecular weight excluding hydrogens is 950 g/mol. The van der Waals surface area contributed by atoms with Crippen LogP contribution in [0, 0.1) is 29.5 Å². The van der Waals surface area contributed by atoms with Crippen LogP contribution in [0.25, 0.3) is 32.9 Å². The first-order valence-electron chi connectivity index (χ1n) is 26.7. The van der Waals surface area contributed by atoms with Crippen molar-refractivity contribution < 1.29 is 34.0 Å². The number of anilines is 1. The van der Waals surface area contributed by atoms with Crippen LogP contribution in [-0.4, -0.2) is 139 Å². The average Bonchev–Trinajstić information content (AvgIpc) is 3.90. The number of hydrogen-bond acceptors (Lipinski definition) is 13. The van der Waals surface area contributed by atoms with Crippen LogP contribution in [0.3, 0.4) is 0 Å². The van der Waals surface area contributed by atoms with Crippen molar-refractivity contribution in [1.82, 2.24) is 39.9 Å². The van der Waals surface area contributed by atoms with Crippen LogP contribution in [0.5, 0.6) is 23.3 Å². The molecule has 7 heterocycles. The first-order valence-corrected chi connectivity index (χ1v) is 26.7. The number of aromatic nitrogens is 3. The van der Waals surface area contributed by atoms with Crippen molar-refractivity contribution in [3.63, 3.8) is 0 Å². The number of likely N-dealkylation sites (tertiary alicyclic amines) is 1. The number of halogens is 1. The molecule has 75 heavy (non-hydrogen) atoms. The molecule has 2 amide bonds. The number of ether oxygens (including phenoxy) is 1. The van der Waals surface area contributed by atoms with Crippen molar-refractivity contribution in [2.75, 3.05) is 70.4 Å². The van der Waals surface area contributed by atoms with Crippen molar-refractivity contribution >= 4 is 39.3 Å². The first kappa shape index (κ1) is 48.9. The fourth-order valence-electron chi connectivity index (χ4n) is 12.5. The number of fused-ring (bicyclic) bond motifs is 5. The molecule has 2 unspecified atom stereocenters. The summed E-state index contributed by atoms with van der Waals surface area (Å²) in [5.74, 6) is 2.43. The third kappa shape index (κ3) is 9.55. The predicted octanol–water partition coefficient (Wildman–Crippen LogP) is 7.52. The normalized spacial score (nSPS) is 20.8. The molecule has 16 heteroatoms. The van der Waals surface area contributed by atoms with Crippen molar-refractivity contribution in [3.8, 4) is 46.9 Å². The maximum atomic E-state index is 17.2. The lowest BCUT2D eigenvalue weighted by Crippen LogP contribution is -2.51. The number of amides is 2. The molecule has 4 saturated heterocycles. The van der Waals surface area contributed by atoms with Crippen molar-refractivity contribution in [2.24, 2.45) is 11.3 Å². The van der Waals surface area contributed by atoms with Crippen LogP contribution in [0.1, 0.15) is 96.5 Å². The Labute approximate surface area is 436 Å². The summed E-state index contributed by atoms with van der Waals surface area (Å²) in [7, 11) is 0. The standard InChI is InChI=1S/C59H64FN9O6/c1-4-37-6-5-7-39-23-44(70)24-47(51(37)39)53-52(60)54-48(27-61-53)55(68-31-42-10-11-43(32-68)62-42)64-58(63-54)75-34-59(14-15-59)33-66-16-12-38(13-17-66)56(73)67-20-18-65(19-21-67)28-36-8-9-40-29-69(30-41(40)22-36)57(74)46-25-45(35(2)3)49(71)26-50(46)72/h1,5-9,22-27,35,38,42-43,62,70-72H,10-21,28-34H2,2-3H3. The molecule has 0 spiro atoms. The Morgan fingerprint density at radius 2 is 1.63 bits per heavy atom. The Kier molecular flexibility index (Phi) is 12.8. The molecule has 15 nitrogen and oxygen atoms in total. The number of phenolic OH excluding ortho intramolecular Hbond substituents is 3. The average molecular weight is 1010 g/mol. The van der Waals surface area contributed by atoms with Crippen molar-refractivity contribution in [3.05, 3.63) is 106 Å².